The van der Waals surface area contributed by atoms with Crippen molar-refractivity contribution in [3.63, 3.8) is 0 Å². The van der Waals surface area contributed by atoms with Crippen LogP contribution >= 0.6 is 0 Å². The number of ether oxygens (including phenoxy) is 1. The van der Waals surface area contributed by atoms with Crippen molar-refractivity contribution < 1.29 is 24.7 Å². The molecule has 0 unspecified atom stereocenters. The maximum absolute atomic E-state index is 12.4. The van der Waals surface area contributed by atoms with Crippen LogP contribution in [0.1, 0.15) is 24.0 Å². The van der Waals surface area contributed by atoms with Crippen molar-refractivity contribution in [2.24, 2.45) is 10.2 Å². The Morgan fingerprint density at radius 2 is 2.10 bits per heavy atom. The van der Waals surface area contributed by atoms with Crippen LogP contribution in [-0.2, 0) is 11.3 Å². The van der Waals surface area contributed by atoms with Crippen molar-refractivity contribution in [2.45, 2.75) is 26.3 Å². The van der Waals surface area contributed by atoms with Crippen LogP contribution in [0.3, 0.4) is 0 Å². The molecule has 12 nitrogen and oxygen atoms in total. The van der Waals surface area contributed by atoms with Gasteiger partial charge in [0, 0.05) is 18.5 Å². The maximum Gasteiger partial charge on any atom is 0.303 e. The molecule has 2 N–H and O–H groups in total. The van der Waals surface area contributed by atoms with E-state index in [2.05, 4.69) is 10.2 Å². The van der Waals surface area contributed by atoms with Crippen LogP contribution < -0.4 is 10.3 Å². The number of nitro benzene ring substituents is 1. The Morgan fingerprint density at radius 1 is 1.40 bits per heavy atom. The molecule has 0 aliphatic carbocycles. The Kier molecular flexibility index (Phi) is 6.82. The van der Waals surface area contributed by atoms with E-state index in [1.54, 1.807) is 6.07 Å². The van der Waals surface area contributed by atoms with Crippen molar-refractivity contribution >= 4 is 23.0 Å². The van der Waals surface area contributed by atoms with Gasteiger partial charge in [0.05, 0.1) is 18.1 Å². The fourth-order valence-corrected chi connectivity index (χ4v) is 2.62. The fraction of sp³-hybridized carbons (Fsp3) is 0.278. The van der Waals surface area contributed by atoms with Gasteiger partial charge >= 0.3 is 5.97 Å². The molecule has 1 aromatic carbocycles. The van der Waals surface area contributed by atoms with Crippen LogP contribution in [0.4, 0.5) is 17.1 Å². The number of nitrogens with zero attached hydrogens (tertiary/aromatic N) is 5. The lowest BCUT2D eigenvalue weighted by molar-refractivity contribution is -0.384. The Morgan fingerprint density at radius 3 is 2.67 bits per heavy atom. The SMILES string of the molecule is COc1ccc(/N=N/c2c(C)c(C#N)c(=O)n(CCCC(=O)O)c2O)c([N+](=O)[O-])c1. The molecule has 0 bridgehead atoms. The molecule has 156 valence electrons. The number of hydrogen-bond donors (Lipinski definition) is 2. The number of carboxylic acids is 1. The largest absolute Gasteiger partial charge is 0.496 e. The Balaban J connectivity index is 2.57. The van der Waals surface area contributed by atoms with Crippen LogP contribution in [0, 0.1) is 28.4 Å². The van der Waals surface area contributed by atoms with Crippen LogP contribution in [0.2, 0.25) is 0 Å². The van der Waals surface area contributed by atoms with E-state index in [1.165, 1.54) is 26.2 Å². The lowest BCUT2D eigenvalue weighted by atomic mass is 10.1. The van der Waals surface area contributed by atoms with Crippen molar-refractivity contribution in [1.29, 1.82) is 5.26 Å². The third-order valence-corrected chi connectivity index (χ3v) is 4.18. The Bertz CT molecular complexity index is 1130. The average Bonchev–Trinajstić information content (AvgIpc) is 2.70. The number of nitro groups is 1. The van der Waals surface area contributed by atoms with Crippen LogP contribution in [0.15, 0.2) is 33.2 Å². The van der Waals surface area contributed by atoms with E-state index in [9.17, 15) is 30.1 Å². The summed E-state index contributed by atoms with van der Waals surface area (Å²) in [4.78, 5) is 33.7. The molecule has 0 atom stereocenters. The first-order chi connectivity index (χ1) is 14.2. The van der Waals surface area contributed by atoms with E-state index in [1.807, 2.05) is 0 Å². The monoisotopic (exact) mass is 415 g/mol. The highest BCUT2D eigenvalue weighted by molar-refractivity contribution is 5.66. The summed E-state index contributed by atoms with van der Waals surface area (Å²) in [7, 11) is 1.35. The smallest absolute Gasteiger partial charge is 0.303 e. The number of carboxylic acid groups (broad SMARTS) is 1. The molecule has 0 saturated carbocycles. The summed E-state index contributed by atoms with van der Waals surface area (Å²) in [6.07, 6.45) is -0.228. The van der Waals surface area contributed by atoms with Crippen LogP contribution in [0.5, 0.6) is 11.6 Å². The van der Waals surface area contributed by atoms with E-state index in [4.69, 9.17) is 9.84 Å². The Labute approximate surface area is 169 Å². The molecule has 12 heteroatoms. The maximum atomic E-state index is 12.4. The predicted octanol–water partition coefficient (Wildman–Crippen LogP) is 2.93. The van der Waals surface area contributed by atoms with Crippen molar-refractivity contribution in [3.8, 4) is 17.7 Å². The number of methoxy groups -OCH3 is 1. The summed E-state index contributed by atoms with van der Waals surface area (Å²) in [5.74, 6) is -1.47. The highest BCUT2D eigenvalue weighted by Crippen LogP contribution is 2.36. The van der Waals surface area contributed by atoms with Crippen molar-refractivity contribution in [2.75, 3.05) is 7.11 Å². The molecular formula is C18H17N5O7. The zero-order chi connectivity index (χ0) is 22.4. The number of rotatable bonds is 8. The molecule has 0 fully saturated rings. The second-order valence-electron chi connectivity index (χ2n) is 6.05. The fourth-order valence-electron chi connectivity index (χ4n) is 2.62. The molecule has 0 saturated heterocycles. The van der Waals surface area contributed by atoms with E-state index in [0.717, 1.165) is 10.6 Å². The number of nitriles is 1. The highest BCUT2D eigenvalue weighted by Gasteiger charge is 2.20. The minimum atomic E-state index is -1.08. The second kappa shape index (κ2) is 9.28. The molecule has 2 aromatic rings. The molecular weight excluding hydrogens is 398 g/mol. The molecule has 0 aliphatic rings. The van der Waals surface area contributed by atoms with E-state index in [0.29, 0.717) is 0 Å². The summed E-state index contributed by atoms with van der Waals surface area (Å²) in [6.45, 7) is 1.20. The first kappa shape index (κ1) is 22.0. The predicted molar refractivity (Wildman–Crippen MR) is 103 cm³/mol. The molecule has 30 heavy (non-hydrogen) atoms. The van der Waals surface area contributed by atoms with Gasteiger partial charge in [0.2, 0.25) is 5.88 Å². The summed E-state index contributed by atoms with van der Waals surface area (Å²) in [6, 6.07) is 5.60. The second-order valence-corrected chi connectivity index (χ2v) is 6.05. The van der Waals surface area contributed by atoms with Gasteiger partial charge in [0.25, 0.3) is 11.2 Å². The van der Waals surface area contributed by atoms with Gasteiger partial charge in [-0.2, -0.15) is 5.26 Å². The number of aromatic nitrogens is 1. The number of benzene rings is 1. The van der Waals surface area contributed by atoms with Gasteiger partial charge < -0.3 is 14.9 Å². The molecule has 0 radical (unpaired) electrons. The minimum Gasteiger partial charge on any atom is -0.496 e. The molecule has 0 aliphatic heterocycles. The van der Waals surface area contributed by atoms with E-state index >= 15 is 0 Å². The molecule has 1 heterocycles. The number of aromatic hydroxyl groups is 1. The molecule has 0 amide bonds. The van der Waals surface area contributed by atoms with Crippen molar-refractivity contribution in [3.05, 3.63) is 49.8 Å². The number of pyridine rings is 1. The van der Waals surface area contributed by atoms with Crippen LogP contribution in [0.25, 0.3) is 0 Å². The quantitative estimate of drug-likeness (QED) is 0.375. The topological polar surface area (TPSA) is 180 Å². The van der Waals surface area contributed by atoms with Gasteiger partial charge in [-0.1, -0.05) is 0 Å². The number of azo groups is 1. The summed E-state index contributed by atoms with van der Waals surface area (Å²) in [5, 5.41) is 47.4. The summed E-state index contributed by atoms with van der Waals surface area (Å²) in [5.41, 5.74) is -1.83. The molecule has 0 spiro atoms. The van der Waals surface area contributed by atoms with Crippen molar-refractivity contribution in [1.82, 2.24) is 4.57 Å². The zero-order valence-electron chi connectivity index (χ0n) is 16.0. The lowest BCUT2D eigenvalue weighted by Gasteiger charge is -2.12. The molecule has 2 rings (SSSR count). The number of carbonyl (C=O) groups is 1. The summed E-state index contributed by atoms with van der Waals surface area (Å²) >= 11 is 0. The van der Waals surface area contributed by atoms with Gasteiger partial charge in [0.1, 0.15) is 17.4 Å². The number of aliphatic carboxylic acids is 1. The van der Waals surface area contributed by atoms with Gasteiger partial charge in [-0.25, -0.2) is 0 Å². The lowest BCUT2D eigenvalue weighted by Crippen LogP contribution is -2.24. The van der Waals surface area contributed by atoms with E-state index < -0.39 is 28.0 Å². The number of hydrogen-bond acceptors (Lipinski definition) is 9. The first-order valence-electron chi connectivity index (χ1n) is 8.53. The Hall–Kier alpha value is -4.27. The van der Waals surface area contributed by atoms with Crippen LogP contribution in [-0.4, -0.2) is 32.8 Å². The van der Waals surface area contributed by atoms with Gasteiger partial charge in [-0.15, -0.1) is 10.2 Å². The highest BCUT2D eigenvalue weighted by atomic mass is 16.6. The first-order valence-corrected chi connectivity index (χ1v) is 8.53. The zero-order valence-corrected chi connectivity index (χ0v) is 16.0. The normalized spacial score (nSPS) is 10.7. The van der Waals surface area contributed by atoms with E-state index in [-0.39, 0.29) is 47.6 Å². The average molecular weight is 415 g/mol. The van der Waals surface area contributed by atoms with Gasteiger partial charge in [0.15, 0.2) is 11.4 Å². The van der Waals surface area contributed by atoms with Gasteiger partial charge in [-0.3, -0.25) is 24.3 Å². The molecule has 1 aromatic heterocycles. The standard InChI is InChI=1S/C18H17N5O7/c1-10-12(9-19)17(26)22(7-3-4-15(24)25)18(27)16(10)21-20-13-6-5-11(30-2)8-14(13)23(28)29/h5-6,8,27H,3-4,7H2,1-2H3,(H,24,25)/b21-20+. The minimum absolute atomic E-state index is 0.0251. The third kappa shape index (κ3) is 4.58. The van der Waals surface area contributed by atoms with Gasteiger partial charge in [-0.05, 0) is 25.5 Å². The third-order valence-electron chi connectivity index (χ3n) is 4.18. The summed E-state index contributed by atoms with van der Waals surface area (Å²) < 4.78 is 5.77.